The predicted octanol–water partition coefficient (Wildman–Crippen LogP) is 2.37. The SMILES string of the molecule is CC1(C)O[C@@H]2[C@H](O1)[C@@H](CO[Si](c1ccccc1)(c1ccccc1)C(C)(C)C)O[C@@H]2n1cc(C(N)=O)nn1. The number of hydrogen-bond acceptors (Lipinski definition) is 7. The number of aromatic nitrogens is 3. The summed E-state index contributed by atoms with van der Waals surface area (Å²) in [6.07, 6.45) is -0.436. The predicted molar refractivity (Wildman–Crippen MR) is 140 cm³/mol. The van der Waals surface area contributed by atoms with E-state index in [0.29, 0.717) is 6.61 Å². The Bertz CT molecular complexity index is 1200. The number of nitrogens with two attached hydrogens (primary N) is 1. The second kappa shape index (κ2) is 9.45. The monoisotopic (exact) mass is 522 g/mol. The Labute approximate surface area is 218 Å². The standard InChI is InChI=1S/C27H34N4O5Si/c1-26(2,3)37(18-12-8-6-9-13-18,19-14-10-7-11-15-19)33-17-21-22-23(36-27(4,5)35-22)25(34-21)31-16-20(24(28)32)29-30-31/h6-16,21-23,25H,17H2,1-5H3,(H2,28,32)/t21-,22-,23-,25+/m1/s1. The minimum absolute atomic E-state index is 0.0605. The lowest BCUT2D eigenvalue weighted by Crippen LogP contribution is -2.67. The van der Waals surface area contributed by atoms with Crippen molar-refractivity contribution in [3.8, 4) is 0 Å². The summed E-state index contributed by atoms with van der Waals surface area (Å²) in [7, 11) is -2.78. The summed E-state index contributed by atoms with van der Waals surface area (Å²) in [5.74, 6) is -1.46. The van der Waals surface area contributed by atoms with Crippen LogP contribution in [0, 0.1) is 0 Å². The van der Waals surface area contributed by atoms with E-state index >= 15 is 0 Å². The van der Waals surface area contributed by atoms with E-state index in [1.54, 1.807) is 0 Å². The summed E-state index contributed by atoms with van der Waals surface area (Å²) in [6.45, 7) is 10.7. The Morgan fingerprint density at radius 3 is 2.11 bits per heavy atom. The number of amides is 1. The van der Waals surface area contributed by atoms with E-state index in [1.165, 1.54) is 21.3 Å². The zero-order valence-corrected chi connectivity index (χ0v) is 22.8. The van der Waals surface area contributed by atoms with Gasteiger partial charge < -0.3 is 24.4 Å². The van der Waals surface area contributed by atoms with Gasteiger partial charge in [0, 0.05) is 0 Å². The molecule has 0 bridgehead atoms. The van der Waals surface area contributed by atoms with Gasteiger partial charge in [-0.3, -0.25) is 4.79 Å². The van der Waals surface area contributed by atoms with Crippen molar-refractivity contribution >= 4 is 24.6 Å². The van der Waals surface area contributed by atoms with Gasteiger partial charge in [0.2, 0.25) is 0 Å². The highest BCUT2D eigenvalue weighted by molar-refractivity contribution is 6.99. The fraction of sp³-hybridized carbons (Fsp3) is 0.444. The van der Waals surface area contributed by atoms with Crippen molar-refractivity contribution in [2.45, 2.75) is 70.0 Å². The van der Waals surface area contributed by atoms with Crippen molar-refractivity contribution in [2.24, 2.45) is 5.73 Å². The summed E-state index contributed by atoms with van der Waals surface area (Å²) in [6, 6.07) is 20.9. The molecule has 0 saturated carbocycles. The van der Waals surface area contributed by atoms with Crippen molar-refractivity contribution in [3.63, 3.8) is 0 Å². The zero-order chi connectivity index (χ0) is 26.4. The molecule has 0 unspecified atom stereocenters. The molecule has 2 saturated heterocycles. The van der Waals surface area contributed by atoms with Gasteiger partial charge in [-0.2, -0.15) is 0 Å². The molecule has 37 heavy (non-hydrogen) atoms. The van der Waals surface area contributed by atoms with Gasteiger partial charge in [-0.1, -0.05) is 86.6 Å². The fourth-order valence-electron chi connectivity index (χ4n) is 5.49. The molecule has 2 aromatic carbocycles. The molecule has 2 N–H and O–H groups in total. The third kappa shape index (κ3) is 4.64. The average Bonchev–Trinajstić information content (AvgIpc) is 3.54. The molecule has 0 aliphatic carbocycles. The molecule has 3 aromatic rings. The van der Waals surface area contributed by atoms with Crippen LogP contribution >= 0.6 is 0 Å². The molecule has 1 amide bonds. The normalized spacial score (nSPS) is 25.2. The number of carbonyl (C=O) groups is 1. The maximum atomic E-state index is 11.6. The highest BCUT2D eigenvalue weighted by Gasteiger charge is 2.58. The molecular formula is C27H34N4O5Si. The van der Waals surface area contributed by atoms with Gasteiger partial charge in [-0.25, -0.2) is 4.68 Å². The van der Waals surface area contributed by atoms with E-state index < -0.39 is 38.4 Å². The van der Waals surface area contributed by atoms with E-state index in [2.05, 4.69) is 79.6 Å². The maximum absolute atomic E-state index is 11.6. The molecule has 2 fully saturated rings. The van der Waals surface area contributed by atoms with Gasteiger partial charge in [-0.05, 0) is 29.3 Å². The van der Waals surface area contributed by atoms with Gasteiger partial charge >= 0.3 is 0 Å². The van der Waals surface area contributed by atoms with Crippen molar-refractivity contribution in [1.29, 1.82) is 0 Å². The summed E-state index contributed by atoms with van der Waals surface area (Å²) in [4.78, 5) is 11.6. The molecule has 2 aliphatic rings. The lowest BCUT2D eigenvalue weighted by atomic mass is 10.1. The number of hydrogen-bond donors (Lipinski definition) is 1. The van der Waals surface area contributed by atoms with Crippen LogP contribution in [0.3, 0.4) is 0 Å². The van der Waals surface area contributed by atoms with E-state index in [1.807, 2.05) is 26.0 Å². The molecule has 0 radical (unpaired) electrons. The zero-order valence-electron chi connectivity index (χ0n) is 21.8. The summed E-state index contributed by atoms with van der Waals surface area (Å²) in [5, 5.41) is 10.1. The minimum Gasteiger partial charge on any atom is -0.405 e. The first-order valence-corrected chi connectivity index (χ1v) is 14.4. The number of ether oxygens (including phenoxy) is 3. The van der Waals surface area contributed by atoms with E-state index in [9.17, 15) is 4.79 Å². The summed E-state index contributed by atoms with van der Waals surface area (Å²) >= 11 is 0. The smallest absolute Gasteiger partial charge is 0.270 e. The second-order valence-corrected chi connectivity index (χ2v) is 15.4. The van der Waals surface area contributed by atoms with Crippen molar-refractivity contribution in [2.75, 3.05) is 6.61 Å². The Hall–Kier alpha value is -2.89. The number of rotatable bonds is 7. The number of primary amides is 1. The lowest BCUT2D eigenvalue weighted by Gasteiger charge is -2.43. The van der Waals surface area contributed by atoms with Crippen LogP contribution in [-0.4, -0.2) is 59.9 Å². The first kappa shape index (κ1) is 25.7. The average molecular weight is 523 g/mol. The molecule has 0 spiro atoms. The Morgan fingerprint density at radius 2 is 1.59 bits per heavy atom. The summed E-state index contributed by atoms with van der Waals surface area (Å²) in [5.41, 5.74) is 5.44. The van der Waals surface area contributed by atoms with Gasteiger partial charge in [-0.15, -0.1) is 5.10 Å². The Morgan fingerprint density at radius 1 is 1.03 bits per heavy atom. The molecule has 2 aliphatic heterocycles. The topological polar surface area (TPSA) is 111 Å². The Balaban J connectivity index is 1.49. The quantitative estimate of drug-likeness (QED) is 0.474. The first-order chi connectivity index (χ1) is 17.5. The van der Waals surface area contributed by atoms with Crippen LogP contribution in [-0.2, 0) is 18.6 Å². The third-order valence-electron chi connectivity index (χ3n) is 7.03. The fourth-order valence-corrected chi connectivity index (χ4v) is 10.1. The van der Waals surface area contributed by atoms with Crippen LogP contribution < -0.4 is 16.1 Å². The second-order valence-electron chi connectivity index (χ2n) is 11.1. The molecule has 5 rings (SSSR count). The van der Waals surface area contributed by atoms with Crippen LogP contribution in [0.5, 0.6) is 0 Å². The summed E-state index contributed by atoms with van der Waals surface area (Å²) < 4.78 is 27.5. The van der Waals surface area contributed by atoms with Crippen molar-refractivity contribution < 1.29 is 23.4 Å². The first-order valence-electron chi connectivity index (χ1n) is 12.5. The highest BCUT2D eigenvalue weighted by Crippen LogP contribution is 2.44. The highest BCUT2D eigenvalue weighted by atomic mass is 28.4. The van der Waals surface area contributed by atoms with Crippen molar-refractivity contribution in [1.82, 2.24) is 15.0 Å². The largest absolute Gasteiger partial charge is 0.405 e. The van der Waals surface area contributed by atoms with Crippen LogP contribution in [0.4, 0.5) is 0 Å². The van der Waals surface area contributed by atoms with Crippen LogP contribution in [0.1, 0.15) is 51.3 Å². The van der Waals surface area contributed by atoms with Crippen LogP contribution in [0.2, 0.25) is 5.04 Å². The van der Waals surface area contributed by atoms with Crippen molar-refractivity contribution in [3.05, 3.63) is 72.6 Å². The number of fused-ring (bicyclic) bond motifs is 1. The molecular weight excluding hydrogens is 488 g/mol. The molecule has 10 heteroatoms. The van der Waals surface area contributed by atoms with Gasteiger partial charge in [0.25, 0.3) is 14.2 Å². The number of carbonyl (C=O) groups excluding carboxylic acids is 1. The molecule has 1 aromatic heterocycles. The molecule has 196 valence electrons. The van der Waals surface area contributed by atoms with E-state index in [0.717, 1.165) is 0 Å². The number of nitrogens with zero attached hydrogens (tertiary/aromatic N) is 3. The third-order valence-corrected chi connectivity index (χ3v) is 12.0. The molecule has 3 heterocycles. The van der Waals surface area contributed by atoms with E-state index in [-0.39, 0.29) is 16.8 Å². The number of benzene rings is 2. The Kier molecular flexibility index (Phi) is 6.57. The van der Waals surface area contributed by atoms with E-state index in [4.69, 9.17) is 24.4 Å². The van der Waals surface area contributed by atoms with Gasteiger partial charge in [0.05, 0.1) is 12.8 Å². The maximum Gasteiger partial charge on any atom is 0.270 e. The molecule has 4 atom stereocenters. The lowest BCUT2D eigenvalue weighted by molar-refractivity contribution is -0.201. The van der Waals surface area contributed by atoms with Gasteiger partial charge in [0.1, 0.15) is 18.3 Å². The van der Waals surface area contributed by atoms with Crippen LogP contribution in [0.25, 0.3) is 0 Å². The molecule has 9 nitrogen and oxygen atoms in total. The minimum atomic E-state index is -2.78. The van der Waals surface area contributed by atoms with Gasteiger partial charge in [0.15, 0.2) is 17.7 Å². The van der Waals surface area contributed by atoms with Crippen LogP contribution in [0.15, 0.2) is 66.9 Å².